The first-order valence-electron chi connectivity index (χ1n) is 3.71. The predicted octanol–water partition coefficient (Wildman–Crippen LogP) is 2.62. The van der Waals surface area contributed by atoms with Crippen molar-refractivity contribution >= 4 is 22.6 Å². The molecule has 1 aromatic carbocycles. The minimum absolute atomic E-state index is 0.232. The zero-order valence-corrected chi connectivity index (χ0v) is 8.77. The minimum Gasteiger partial charge on any atom is -0.303 e. The van der Waals surface area contributed by atoms with Crippen LogP contribution in [0, 0.1) is 9.39 Å². The van der Waals surface area contributed by atoms with Gasteiger partial charge in [0.05, 0.1) is 12.0 Å². The lowest BCUT2D eigenvalue weighted by Gasteiger charge is -2.03. The summed E-state index contributed by atoms with van der Waals surface area (Å²) in [4.78, 5) is 3.86. The van der Waals surface area contributed by atoms with Crippen LogP contribution < -0.4 is 0 Å². The van der Waals surface area contributed by atoms with Crippen LogP contribution in [0.15, 0.2) is 36.9 Å². The molecule has 0 N–H and O–H groups in total. The summed E-state index contributed by atoms with van der Waals surface area (Å²) in [6, 6.07) is 5.09. The highest BCUT2D eigenvalue weighted by Crippen LogP contribution is 2.15. The molecular formula is C9H6FIN2. The Morgan fingerprint density at radius 2 is 2.23 bits per heavy atom. The van der Waals surface area contributed by atoms with E-state index in [9.17, 15) is 4.39 Å². The van der Waals surface area contributed by atoms with E-state index >= 15 is 0 Å². The topological polar surface area (TPSA) is 17.8 Å². The van der Waals surface area contributed by atoms with Gasteiger partial charge in [0.1, 0.15) is 5.82 Å². The summed E-state index contributed by atoms with van der Waals surface area (Å²) in [5.41, 5.74) is 0.526. The number of imidazole rings is 1. The molecule has 2 rings (SSSR count). The first kappa shape index (κ1) is 8.68. The van der Waals surface area contributed by atoms with Crippen molar-refractivity contribution in [1.29, 1.82) is 0 Å². The zero-order chi connectivity index (χ0) is 9.26. The maximum absolute atomic E-state index is 13.4. The lowest BCUT2D eigenvalue weighted by molar-refractivity contribution is 0.617. The summed E-state index contributed by atoms with van der Waals surface area (Å²) in [6.45, 7) is 0. The molecule has 1 aromatic heterocycles. The maximum atomic E-state index is 13.4. The molecule has 4 heteroatoms. The van der Waals surface area contributed by atoms with Crippen molar-refractivity contribution in [2.45, 2.75) is 0 Å². The van der Waals surface area contributed by atoms with E-state index in [0.29, 0.717) is 5.69 Å². The molecule has 0 aliphatic heterocycles. The molecule has 66 valence electrons. The van der Waals surface area contributed by atoms with Gasteiger partial charge >= 0.3 is 0 Å². The number of aromatic nitrogens is 2. The Balaban J connectivity index is 2.53. The second-order valence-electron chi connectivity index (χ2n) is 2.57. The van der Waals surface area contributed by atoms with Gasteiger partial charge in [-0.1, -0.05) is 0 Å². The van der Waals surface area contributed by atoms with Crippen molar-refractivity contribution in [3.63, 3.8) is 0 Å². The van der Waals surface area contributed by atoms with Crippen molar-refractivity contribution in [3.8, 4) is 5.69 Å². The van der Waals surface area contributed by atoms with E-state index in [0.717, 1.165) is 3.57 Å². The third-order valence-electron chi connectivity index (χ3n) is 1.69. The van der Waals surface area contributed by atoms with E-state index in [4.69, 9.17) is 0 Å². The molecular weight excluding hydrogens is 282 g/mol. The summed E-state index contributed by atoms with van der Waals surface area (Å²) in [6.07, 6.45) is 4.91. The van der Waals surface area contributed by atoms with E-state index in [1.54, 1.807) is 29.4 Å². The molecule has 0 aliphatic rings. The third-order valence-corrected chi connectivity index (χ3v) is 2.36. The number of benzene rings is 1. The van der Waals surface area contributed by atoms with E-state index in [-0.39, 0.29) is 5.82 Å². The first-order chi connectivity index (χ1) is 6.27. The number of halogens is 2. The fourth-order valence-electron chi connectivity index (χ4n) is 1.09. The number of nitrogens with zero attached hydrogens (tertiary/aromatic N) is 2. The van der Waals surface area contributed by atoms with Gasteiger partial charge in [-0.05, 0) is 40.8 Å². The molecule has 0 aliphatic carbocycles. The van der Waals surface area contributed by atoms with Crippen LogP contribution in [0.25, 0.3) is 5.69 Å². The van der Waals surface area contributed by atoms with Crippen molar-refractivity contribution in [2.24, 2.45) is 0 Å². The molecule has 0 unspecified atom stereocenters. The van der Waals surface area contributed by atoms with Crippen LogP contribution in [-0.2, 0) is 0 Å². The third kappa shape index (κ3) is 1.72. The maximum Gasteiger partial charge on any atom is 0.148 e. The van der Waals surface area contributed by atoms with Gasteiger partial charge in [0.25, 0.3) is 0 Å². The summed E-state index contributed by atoms with van der Waals surface area (Å²) >= 11 is 2.08. The van der Waals surface area contributed by atoms with E-state index in [2.05, 4.69) is 27.6 Å². The van der Waals surface area contributed by atoms with Gasteiger partial charge in [0, 0.05) is 16.0 Å². The molecule has 1 heterocycles. The van der Waals surface area contributed by atoms with Crippen molar-refractivity contribution in [2.75, 3.05) is 0 Å². The molecule has 2 nitrogen and oxygen atoms in total. The van der Waals surface area contributed by atoms with Gasteiger partial charge < -0.3 is 4.57 Å². The number of rotatable bonds is 1. The smallest absolute Gasteiger partial charge is 0.148 e. The quantitative estimate of drug-likeness (QED) is 0.738. The molecule has 13 heavy (non-hydrogen) atoms. The van der Waals surface area contributed by atoms with Gasteiger partial charge in [-0.2, -0.15) is 0 Å². The van der Waals surface area contributed by atoms with E-state index < -0.39 is 0 Å². The van der Waals surface area contributed by atoms with Crippen molar-refractivity contribution in [3.05, 3.63) is 46.3 Å². The fraction of sp³-hybridized carbons (Fsp3) is 0. The highest BCUT2D eigenvalue weighted by molar-refractivity contribution is 14.1. The summed E-state index contributed by atoms with van der Waals surface area (Å²) < 4.78 is 15.9. The standard InChI is InChI=1S/C9H6FIN2/c10-8-5-7(11)1-2-9(8)13-4-3-12-6-13/h1-6H. The highest BCUT2D eigenvalue weighted by atomic mass is 127. The van der Waals surface area contributed by atoms with Gasteiger partial charge in [0.15, 0.2) is 0 Å². The molecule has 0 saturated heterocycles. The summed E-state index contributed by atoms with van der Waals surface area (Å²) in [5.74, 6) is -0.232. The SMILES string of the molecule is Fc1cc(I)ccc1-n1ccnc1. The van der Waals surface area contributed by atoms with Crippen molar-refractivity contribution < 1.29 is 4.39 Å². The number of hydrogen-bond donors (Lipinski definition) is 0. The van der Waals surface area contributed by atoms with Crippen LogP contribution in [-0.4, -0.2) is 9.55 Å². The van der Waals surface area contributed by atoms with Crippen molar-refractivity contribution in [1.82, 2.24) is 9.55 Å². The molecule has 0 fully saturated rings. The molecule has 0 radical (unpaired) electrons. The molecule has 0 saturated carbocycles. The minimum atomic E-state index is -0.232. The van der Waals surface area contributed by atoms with Crippen LogP contribution >= 0.6 is 22.6 Å². The Kier molecular flexibility index (Phi) is 2.30. The van der Waals surface area contributed by atoms with Crippen LogP contribution in [0.5, 0.6) is 0 Å². The Morgan fingerprint density at radius 1 is 1.38 bits per heavy atom. The van der Waals surface area contributed by atoms with Crippen LogP contribution in [0.1, 0.15) is 0 Å². The molecule has 2 aromatic rings. The summed E-state index contributed by atoms with van der Waals surface area (Å²) in [7, 11) is 0. The second-order valence-corrected chi connectivity index (χ2v) is 3.81. The predicted molar refractivity (Wildman–Crippen MR) is 56.2 cm³/mol. The second kappa shape index (κ2) is 3.45. The Hall–Kier alpha value is -0.910. The van der Waals surface area contributed by atoms with Gasteiger partial charge in [-0.25, -0.2) is 9.37 Å². The first-order valence-corrected chi connectivity index (χ1v) is 4.78. The van der Waals surface area contributed by atoms with E-state index in [1.165, 1.54) is 6.07 Å². The van der Waals surface area contributed by atoms with Gasteiger partial charge in [0.2, 0.25) is 0 Å². The van der Waals surface area contributed by atoms with Crippen LogP contribution in [0.4, 0.5) is 4.39 Å². The monoisotopic (exact) mass is 288 g/mol. The average Bonchev–Trinajstić information content (AvgIpc) is 2.56. The summed E-state index contributed by atoms with van der Waals surface area (Å²) in [5, 5.41) is 0. The normalized spacial score (nSPS) is 10.3. The molecule has 0 amide bonds. The lowest BCUT2D eigenvalue weighted by Crippen LogP contribution is -1.94. The largest absolute Gasteiger partial charge is 0.303 e. The Labute approximate surface area is 88.6 Å². The van der Waals surface area contributed by atoms with Crippen LogP contribution in [0.3, 0.4) is 0 Å². The zero-order valence-electron chi connectivity index (χ0n) is 6.61. The average molecular weight is 288 g/mol. The van der Waals surface area contributed by atoms with Gasteiger partial charge in [-0.15, -0.1) is 0 Å². The van der Waals surface area contributed by atoms with Gasteiger partial charge in [-0.3, -0.25) is 0 Å². The Bertz CT molecular complexity index is 412. The van der Waals surface area contributed by atoms with E-state index in [1.807, 2.05) is 6.07 Å². The Morgan fingerprint density at radius 3 is 2.85 bits per heavy atom. The molecule has 0 spiro atoms. The van der Waals surface area contributed by atoms with Crippen LogP contribution in [0.2, 0.25) is 0 Å². The molecule has 0 bridgehead atoms. The number of hydrogen-bond acceptors (Lipinski definition) is 1. The lowest BCUT2D eigenvalue weighted by atomic mass is 10.3. The molecule has 0 atom stereocenters. The fourth-order valence-corrected chi connectivity index (χ4v) is 1.55. The highest BCUT2D eigenvalue weighted by Gasteiger charge is 2.03.